The number of hydrogen-bond donors (Lipinski definition) is 0. The molecule has 0 bridgehead atoms. The van der Waals surface area contributed by atoms with E-state index in [1.807, 2.05) is 6.92 Å². The van der Waals surface area contributed by atoms with E-state index in [0.717, 1.165) is 18.6 Å². The predicted octanol–water partition coefficient (Wildman–Crippen LogP) is 3.33. The molecule has 2 rings (SSSR count). The summed E-state index contributed by atoms with van der Waals surface area (Å²) >= 11 is 0. The van der Waals surface area contributed by atoms with Gasteiger partial charge in [-0.3, -0.25) is 0 Å². The first-order chi connectivity index (χ1) is 7.29. The number of carbonyl (C=O) groups excluding carboxylic acids is 1. The van der Waals surface area contributed by atoms with E-state index in [9.17, 15) is 4.79 Å². The molecule has 0 saturated heterocycles. The second-order valence-electron chi connectivity index (χ2n) is 4.69. The molecular formula is C14H18O. The summed E-state index contributed by atoms with van der Waals surface area (Å²) in [6.07, 6.45) is 5.97. The average molecular weight is 202 g/mol. The summed E-state index contributed by atoms with van der Waals surface area (Å²) in [7, 11) is 0. The van der Waals surface area contributed by atoms with Crippen LogP contribution < -0.4 is 0 Å². The second-order valence-corrected chi connectivity index (χ2v) is 4.69. The lowest BCUT2D eigenvalue weighted by Gasteiger charge is -2.26. The third-order valence-electron chi connectivity index (χ3n) is 3.32. The molecule has 1 atom stereocenters. The molecule has 1 fully saturated rings. The molecule has 1 heteroatoms. The summed E-state index contributed by atoms with van der Waals surface area (Å²) in [5, 5.41) is 0. The van der Waals surface area contributed by atoms with Crippen LogP contribution in [-0.4, -0.2) is 6.29 Å². The minimum absolute atomic E-state index is 0.140. The topological polar surface area (TPSA) is 17.1 Å². The Balaban J connectivity index is 2.07. The van der Waals surface area contributed by atoms with Crippen LogP contribution in [0.4, 0.5) is 0 Å². The highest BCUT2D eigenvalue weighted by molar-refractivity contribution is 5.53. The molecule has 1 aromatic carbocycles. The third-order valence-corrected chi connectivity index (χ3v) is 3.32. The Labute approximate surface area is 91.5 Å². The Morgan fingerprint density at radius 1 is 1.47 bits per heavy atom. The van der Waals surface area contributed by atoms with E-state index < -0.39 is 0 Å². The zero-order valence-electron chi connectivity index (χ0n) is 9.28. The van der Waals surface area contributed by atoms with E-state index in [4.69, 9.17) is 0 Å². The third kappa shape index (κ3) is 2.47. The minimum Gasteiger partial charge on any atom is -0.303 e. The maximum Gasteiger partial charge on any atom is 0.123 e. The van der Waals surface area contributed by atoms with E-state index in [1.165, 1.54) is 30.4 Å². The van der Waals surface area contributed by atoms with Gasteiger partial charge in [0.1, 0.15) is 6.29 Å². The Morgan fingerprint density at radius 2 is 2.27 bits per heavy atom. The standard InChI is InChI=1S/C14H18O/c1-11(10-15)8-12-4-2-7-14(9-12)13-5-3-6-13/h2,4,7,9-11,13H,3,5-6,8H2,1H3. The van der Waals surface area contributed by atoms with Gasteiger partial charge in [-0.2, -0.15) is 0 Å². The molecule has 0 spiro atoms. The number of rotatable bonds is 4. The Morgan fingerprint density at radius 3 is 2.87 bits per heavy atom. The molecule has 0 amide bonds. The lowest BCUT2D eigenvalue weighted by atomic mass is 9.79. The molecule has 0 heterocycles. The first-order valence-electron chi connectivity index (χ1n) is 5.83. The van der Waals surface area contributed by atoms with E-state index in [1.54, 1.807) is 0 Å². The van der Waals surface area contributed by atoms with Gasteiger partial charge in [0.25, 0.3) is 0 Å². The highest BCUT2D eigenvalue weighted by Crippen LogP contribution is 2.36. The van der Waals surface area contributed by atoms with Crippen LogP contribution in [0.25, 0.3) is 0 Å². The van der Waals surface area contributed by atoms with Gasteiger partial charge in [0.2, 0.25) is 0 Å². The van der Waals surface area contributed by atoms with Crippen molar-refractivity contribution >= 4 is 6.29 Å². The van der Waals surface area contributed by atoms with Crippen LogP contribution in [-0.2, 0) is 11.2 Å². The number of aldehydes is 1. The number of hydrogen-bond acceptors (Lipinski definition) is 1. The van der Waals surface area contributed by atoms with Gasteiger partial charge in [0, 0.05) is 5.92 Å². The fraction of sp³-hybridized carbons (Fsp3) is 0.500. The number of benzene rings is 1. The van der Waals surface area contributed by atoms with Gasteiger partial charge in [-0.15, -0.1) is 0 Å². The van der Waals surface area contributed by atoms with Crippen molar-refractivity contribution in [2.75, 3.05) is 0 Å². The van der Waals surface area contributed by atoms with Crippen molar-refractivity contribution in [1.29, 1.82) is 0 Å². The molecule has 15 heavy (non-hydrogen) atoms. The maximum absolute atomic E-state index is 10.6. The molecule has 1 aliphatic carbocycles. The molecule has 0 aromatic heterocycles. The summed E-state index contributed by atoms with van der Waals surface area (Å²) in [6, 6.07) is 8.76. The van der Waals surface area contributed by atoms with Crippen LogP contribution in [0, 0.1) is 5.92 Å². The van der Waals surface area contributed by atoms with Crippen LogP contribution in [0.15, 0.2) is 24.3 Å². The summed E-state index contributed by atoms with van der Waals surface area (Å²) in [4.78, 5) is 10.6. The average Bonchev–Trinajstić information content (AvgIpc) is 2.15. The minimum atomic E-state index is 0.140. The molecule has 1 aromatic rings. The van der Waals surface area contributed by atoms with Crippen molar-refractivity contribution < 1.29 is 4.79 Å². The second kappa shape index (κ2) is 4.61. The molecule has 0 N–H and O–H groups in total. The zero-order chi connectivity index (χ0) is 10.7. The van der Waals surface area contributed by atoms with E-state index >= 15 is 0 Å². The summed E-state index contributed by atoms with van der Waals surface area (Å²) in [6.45, 7) is 1.98. The summed E-state index contributed by atoms with van der Waals surface area (Å²) in [5.74, 6) is 0.929. The SMILES string of the molecule is CC(C=O)Cc1cccc(C2CCC2)c1. The lowest BCUT2D eigenvalue weighted by Crippen LogP contribution is -2.09. The largest absolute Gasteiger partial charge is 0.303 e. The van der Waals surface area contributed by atoms with Crippen LogP contribution >= 0.6 is 0 Å². The van der Waals surface area contributed by atoms with E-state index in [-0.39, 0.29) is 5.92 Å². The molecule has 1 nitrogen and oxygen atoms in total. The molecular weight excluding hydrogens is 184 g/mol. The first kappa shape index (κ1) is 10.4. The molecule has 0 radical (unpaired) electrons. The van der Waals surface area contributed by atoms with Crippen molar-refractivity contribution in [3.63, 3.8) is 0 Å². The van der Waals surface area contributed by atoms with Crippen molar-refractivity contribution in [1.82, 2.24) is 0 Å². The molecule has 0 aliphatic heterocycles. The van der Waals surface area contributed by atoms with Gasteiger partial charge in [0.05, 0.1) is 0 Å². The fourth-order valence-corrected chi connectivity index (χ4v) is 2.14. The van der Waals surface area contributed by atoms with Crippen LogP contribution in [0.2, 0.25) is 0 Å². The monoisotopic (exact) mass is 202 g/mol. The quantitative estimate of drug-likeness (QED) is 0.684. The Hall–Kier alpha value is -1.11. The van der Waals surface area contributed by atoms with Gasteiger partial charge < -0.3 is 4.79 Å². The molecule has 1 saturated carbocycles. The molecule has 1 aliphatic rings. The summed E-state index contributed by atoms with van der Waals surface area (Å²) in [5.41, 5.74) is 2.77. The highest BCUT2D eigenvalue weighted by Gasteiger charge is 2.19. The van der Waals surface area contributed by atoms with Crippen LogP contribution in [0.5, 0.6) is 0 Å². The maximum atomic E-state index is 10.6. The van der Waals surface area contributed by atoms with Crippen molar-refractivity contribution in [2.45, 2.75) is 38.5 Å². The van der Waals surface area contributed by atoms with Crippen molar-refractivity contribution in [2.24, 2.45) is 5.92 Å². The molecule has 1 unspecified atom stereocenters. The van der Waals surface area contributed by atoms with Gasteiger partial charge in [0.15, 0.2) is 0 Å². The van der Waals surface area contributed by atoms with Gasteiger partial charge in [-0.25, -0.2) is 0 Å². The van der Waals surface area contributed by atoms with Gasteiger partial charge in [-0.1, -0.05) is 37.6 Å². The van der Waals surface area contributed by atoms with E-state index in [2.05, 4.69) is 24.3 Å². The zero-order valence-corrected chi connectivity index (χ0v) is 9.28. The number of carbonyl (C=O) groups is 1. The smallest absolute Gasteiger partial charge is 0.123 e. The Bertz CT molecular complexity index is 339. The van der Waals surface area contributed by atoms with Gasteiger partial charge in [-0.05, 0) is 36.3 Å². The van der Waals surface area contributed by atoms with E-state index in [0.29, 0.717) is 0 Å². The van der Waals surface area contributed by atoms with Crippen molar-refractivity contribution in [3.05, 3.63) is 35.4 Å². The first-order valence-corrected chi connectivity index (χ1v) is 5.83. The highest BCUT2D eigenvalue weighted by atomic mass is 16.1. The molecule has 80 valence electrons. The normalized spacial score (nSPS) is 18.2. The fourth-order valence-electron chi connectivity index (χ4n) is 2.14. The van der Waals surface area contributed by atoms with Gasteiger partial charge >= 0.3 is 0 Å². The lowest BCUT2D eigenvalue weighted by molar-refractivity contribution is -0.110. The van der Waals surface area contributed by atoms with Crippen LogP contribution in [0.1, 0.15) is 43.2 Å². The van der Waals surface area contributed by atoms with Crippen LogP contribution in [0.3, 0.4) is 0 Å². The summed E-state index contributed by atoms with van der Waals surface area (Å²) < 4.78 is 0. The Kier molecular flexibility index (Phi) is 3.20. The van der Waals surface area contributed by atoms with Crippen molar-refractivity contribution in [3.8, 4) is 0 Å². The predicted molar refractivity (Wildman–Crippen MR) is 62.0 cm³/mol.